The number of aliphatic carboxylic acids is 4. The zero-order valence-corrected chi connectivity index (χ0v) is 42.6. The van der Waals surface area contributed by atoms with E-state index in [1.54, 1.807) is 30.9 Å². The van der Waals surface area contributed by atoms with Gasteiger partial charge >= 0.3 is 23.9 Å². The van der Waals surface area contributed by atoms with E-state index in [1.807, 2.05) is 59.4 Å². The van der Waals surface area contributed by atoms with E-state index in [-0.39, 0.29) is 51.5 Å². The highest BCUT2D eigenvalue weighted by Gasteiger charge is 2.26. The molecule has 18 heteroatoms. The second-order valence-corrected chi connectivity index (χ2v) is 15.0. The van der Waals surface area contributed by atoms with Crippen LogP contribution in [0, 0.1) is 12.8 Å². The van der Waals surface area contributed by atoms with E-state index in [9.17, 15) is 33.9 Å². The molecule has 18 nitrogen and oxygen atoms in total. The summed E-state index contributed by atoms with van der Waals surface area (Å²) < 4.78 is 0. The third-order valence-corrected chi connectivity index (χ3v) is 9.38. The Balaban J connectivity index is -0.000000421. The van der Waals surface area contributed by atoms with Gasteiger partial charge in [0.15, 0.2) is 5.84 Å². The molecule has 0 saturated carbocycles. The zero-order valence-electron chi connectivity index (χ0n) is 42.6. The van der Waals surface area contributed by atoms with Gasteiger partial charge < -0.3 is 31.1 Å². The first kappa shape index (κ1) is 70.9. The number of hydrogen-bond donors (Lipinski definition) is 8. The third-order valence-electron chi connectivity index (χ3n) is 9.38. The molecule has 0 spiro atoms. The zero-order chi connectivity index (χ0) is 51.3. The van der Waals surface area contributed by atoms with E-state index in [0.717, 1.165) is 24.3 Å². The Morgan fingerprint density at radius 2 is 1.28 bits per heavy atom. The van der Waals surface area contributed by atoms with Gasteiger partial charge in [-0.2, -0.15) is 10.2 Å². The molecule has 2 rings (SSSR count). The average molecular weight is 955 g/mol. The molecule has 2 atom stereocenters. The molecule has 2 amide bonds. The van der Waals surface area contributed by atoms with Crippen molar-refractivity contribution in [1.29, 1.82) is 0 Å². The lowest BCUT2D eigenvalue weighted by molar-refractivity contribution is -0.144. The number of unbranched alkanes of at least 4 members (excludes halogenated alkanes) is 3. The SMILES string of the molecule is C.CC.CC.CCC(=O)O.CCC(=O)O.CCCCCCC(C)CC.CCCN(CCN(CCC)C(CCC(=O)NCCCNC(=O)c1cc(C)cc(C2=NNC=NN2)c1)C(=O)O)CC(=O)O. The van der Waals surface area contributed by atoms with Crippen LogP contribution in [0.3, 0.4) is 0 Å². The minimum Gasteiger partial charge on any atom is -0.481 e. The Bertz CT molecular complexity index is 1500. The fourth-order valence-electron chi connectivity index (χ4n) is 5.74. The first-order valence-corrected chi connectivity index (χ1v) is 24.1. The molecule has 0 aliphatic carbocycles. The maximum Gasteiger partial charge on any atom is 0.320 e. The van der Waals surface area contributed by atoms with Crippen LogP contribution in [0.1, 0.15) is 189 Å². The number of carbonyl (C=O) groups is 6. The van der Waals surface area contributed by atoms with E-state index in [0.29, 0.717) is 62.7 Å². The third kappa shape index (κ3) is 42.0. The maximum atomic E-state index is 12.7. The lowest BCUT2D eigenvalue weighted by atomic mass is 10.0. The predicted octanol–water partition coefficient (Wildman–Crippen LogP) is 8.42. The molecular formula is C49H94N8O10. The molecular weight excluding hydrogens is 861 g/mol. The average Bonchev–Trinajstić information content (AvgIpc) is 3.31. The van der Waals surface area contributed by atoms with E-state index in [1.165, 1.54) is 44.9 Å². The van der Waals surface area contributed by atoms with Crippen LogP contribution >= 0.6 is 0 Å². The van der Waals surface area contributed by atoms with Crippen LogP contribution in [0.4, 0.5) is 0 Å². The van der Waals surface area contributed by atoms with Crippen molar-refractivity contribution in [3.8, 4) is 0 Å². The number of rotatable bonds is 28. The van der Waals surface area contributed by atoms with Crippen LogP contribution < -0.4 is 21.5 Å². The molecule has 1 aliphatic rings. The van der Waals surface area contributed by atoms with Gasteiger partial charge in [0, 0.05) is 56.6 Å². The van der Waals surface area contributed by atoms with Crippen LogP contribution in [0.15, 0.2) is 28.4 Å². The molecule has 1 aliphatic heterocycles. The number of nitrogens with one attached hydrogen (secondary N) is 4. The number of benzene rings is 1. The topological polar surface area (TPSA) is 263 Å². The van der Waals surface area contributed by atoms with Crippen molar-refractivity contribution >= 4 is 47.9 Å². The number of carboxylic acids is 4. The Hall–Kier alpha value is -5.10. The van der Waals surface area contributed by atoms with Gasteiger partial charge in [0.05, 0.1) is 6.54 Å². The van der Waals surface area contributed by atoms with Gasteiger partial charge in [-0.15, -0.1) is 0 Å². The number of hydrogen-bond acceptors (Lipinski definition) is 12. The van der Waals surface area contributed by atoms with E-state index in [4.69, 9.17) is 15.3 Å². The minimum atomic E-state index is -1.01. The van der Waals surface area contributed by atoms with Crippen LogP contribution in [0.5, 0.6) is 0 Å². The standard InChI is InChI=1S/C28H44N8O6.C10H22.2C3H6O2.2C2H6.CH4/c1-4-11-35(18-25(38)39)13-14-36(12-5-2)23(28(41)42)7-8-24(37)29-9-6-10-30-27(40)22-16-20(3)15-21(17-22)26-33-31-19-32-34-26;1-4-6-7-8-9-10(3)5-2;2*1-2-3(4)5;2*1-2;/h15-17,19,23H,4-14,18H2,1-3H3,(H,29,37)(H,30,40)(H,31,32)(H,33,34)(H,38,39)(H,41,42);10H,4-9H2,1-3H3;2*2H2,1H3,(H,4,5);2*1-2H3;1H4. The molecule has 0 aromatic heterocycles. The Morgan fingerprint density at radius 1 is 0.701 bits per heavy atom. The maximum absolute atomic E-state index is 12.7. The van der Waals surface area contributed by atoms with Gasteiger partial charge in [0.2, 0.25) is 5.91 Å². The quantitative estimate of drug-likeness (QED) is 0.0367. The van der Waals surface area contributed by atoms with Crippen LogP contribution in [0.2, 0.25) is 0 Å². The summed E-state index contributed by atoms with van der Waals surface area (Å²) >= 11 is 0. The number of nitrogens with zero attached hydrogens (tertiary/aromatic N) is 4. The molecule has 0 bridgehead atoms. The first-order chi connectivity index (χ1) is 31.5. The lowest BCUT2D eigenvalue weighted by Gasteiger charge is -2.31. The van der Waals surface area contributed by atoms with Gasteiger partial charge in [-0.1, -0.05) is 122 Å². The van der Waals surface area contributed by atoms with Gasteiger partial charge in [0.1, 0.15) is 12.4 Å². The fourth-order valence-corrected chi connectivity index (χ4v) is 5.74. The number of aryl methyl sites for hydroxylation is 1. The number of hydrazone groups is 2. The Morgan fingerprint density at radius 3 is 1.76 bits per heavy atom. The monoisotopic (exact) mass is 955 g/mol. The fraction of sp³-hybridized carbons (Fsp3) is 0.714. The second-order valence-electron chi connectivity index (χ2n) is 15.0. The number of amidine groups is 1. The van der Waals surface area contributed by atoms with Crippen LogP contribution in [-0.2, 0) is 24.0 Å². The summed E-state index contributed by atoms with van der Waals surface area (Å²) in [5.41, 5.74) is 7.52. The molecule has 0 radical (unpaired) electrons. The van der Waals surface area contributed by atoms with Gasteiger partial charge in [-0.25, -0.2) is 0 Å². The summed E-state index contributed by atoms with van der Waals surface area (Å²) in [4.78, 5) is 70.7. The number of carboxylic acid groups (broad SMARTS) is 4. The molecule has 0 fully saturated rings. The summed E-state index contributed by atoms with van der Waals surface area (Å²) in [6.45, 7) is 26.5. The number of carbonyl (C=O) groups excluding carboxylic acids is 2. The molecule has 390 valence electrons. The van der Waals surface area contributed by atoms with Crippen molar-refractivity contribution < 1.29 is 49.2 Å². The van der Waals surface area contributed by atoms with E-state index in [2.05, 4.69) is 52.5 Å². The van der Waals surface area contributed by atoms with E-state index >= 15 is 0 Å². The van der Waals surface area contributed by atoms with Crippen molar-refractivity contribution in [1.82, 2.24) is 31.3 Å². The highest BCUT2D eigenvalue weighted by Crippen LogP contribution is 2.14. The van der Waals surface area contributed by atoms with Crippen molar-refractivity contribution in [3.05, 3.63) is 34.9 Å². The second kappa shape index (κ2) is 48.8. The van der Waals surface area contributed by atoms with Gasteiger partial charge in [-0.3, -0.25) is 49.4 Å². The van der Waals surface area contributed by atoms with Crippen molar-refractivity contribution in [2.75, 3.05) is 45.8 Å². The Labute approximate surface area is 404 Å². The molecule has 1 heterocycles. The van der Waals surface area contributed by atoms with Crippen molar-refractivity contribution in [3.63, 3.8) is 0 Å². The summed E-state index contributed by atoms with van der Waals surface area (Å²) in [6.07, 6.45) is 12.5. The first-order valence-electron chi connectivity index (χ1n) is 24.1. The minimum absolute atomic E-state index is 0. The molecule has 8 N–H and O–H groups in total. The smallest absolute Gasteiger partial charge is 0.320 e. The summed E-state index contributed by atoms with van der Waals surface area (Å²) in [5, 5.41) is 48.1. The van der Waals surface area contributed by atoms with E-state index < -0.39 is 29.9 Å². The predicted molar refractivity (Wildman–Crippen MR) is 273 cm³/mol. The number of amides is 2. The van der Waals surface area contributed by atoms with Gasteiger partial charge in [-0.05, 0) is 75.4 Å². The summed E-state index contributed by atoms with van der Waals surface area (Å²) in [6, 6.07) is 4.53. The lowest BCUT2D eigenvalue weighted by Crippen LogP contribution is -2.46. The highest BCUT2D eigenvalue weighted by molar-refractivity contribution is 6.03. The van der Waals surface area contributed by atoms with Gasteiger partial charge in [0.25, 0.3) is 5.91 Å². The largest absolute Gasteiger partial charge is 0.481 e. The highest BCUT2D eigenvalue weighted by atomic mass is 16.4. The van der Waals surface area contributed by atoms with Crippen molar-refractivity contribution in [2.45, 2.75) is 180 Å². The van der Waals surface area contributed by atoms with Crippen LogP contribution in [0.25, 0.3) is 0 Å². The Kier molecular flexibility index (Phi) is 51.7. The molecule has 1 aromatic rings. The summed E-state index contributed by atoms with van der Waals surface area (Å²) in [5.74, 6) is -2.47. The normalized spacial score (nSPS) is 11.6. The van der Waals surface area contributed by atoms with Crippen LogP contribution in [-0.4, -0.2) is 130 Å². The molecule has 0 saturated heterocycles. The van der Waals surface area contributed by atoms with Crippen molar-refractivity contribution in [2.24, 2.45) is 16.1 Å². The molecule has 2 unspecified atom stereocenters. The molecule has 1 aromatic carbocycles. The summed E-state index contributed by atoms with van der Waals surface area (Å²) in [7, 11) is 0. The molecule has 67 heavy (non-hydrogen) atoms.